The van der Waals surface area contributed by atoms with E-state index in [0.717, 1.165) is 25.7 Å². The Bertz CT molecular complexity index is 468. The minimum absolute atomic E-state index is 0.0224. The van der Waals surface area contributed by atoms with Crippen molar-refractivity contribution >= 4 is 17.8 Å². The van der Waals surface area contributed by atoms with Crippen LogP contribution in [0.25, 0.3) is 0 Å². The van der Waals surface area contributed by atoms with Gasteiger partial charge in [0.1, 0.15) is 0 Å². The van der Waals surface area contributed by atoms with E-state index in [1.807, 2.05) is 0 Å². The van der Waals surface area contributed by atoms with Gasteiger partial charge in [0.25, 0.3) is 0 Å². The van der Waals surface area contributed by atoms with Crippen LogP contribution in [0.5, 0.6) is 0 Å². The quantitative estimate of drug-likeness (QED) is 0.797. The summed E-state index contributed by atoms with van der Waals surface area (Å²) >= 11 is 0. The molecule has 7 heteroatoms. The van der Waals surface area contributed by atoms with Crippen LogP contribution >= 0.6 is 0 Å². The Kier molecular flexibility index (Phi) is 3.94. The number of carbonyl (C=O) groups is 2. The summed E-state index contributed by atoms with van der Waals surface area (Å²) in [5.74, 6) is -1.16. The highest BCUT2D eigenvalue weighted by Crippen LogP contribution is 2.25. The van der Waals surface area contributed by atoms with Crippen molar-refractivity contribution in [2.75, 3.05) is 11.4 Å². The van der Waals surface area contributed by atoms with Gasteiger partial charge >= 0.3 is 5.97 Å². The average Bonchev–Trinajstić information content (AvgIpc) is 2.89. The van der Waals surface area contributed by atoms with Gasteiger partial charge in [0.2, 0.25) is 11.9 Å². The van der Waals surface area contributed by atoms with Gasteiger partial charge in [-0.25, -0.2) is 14.8 Å². The number of nitrogens with two attached hydrogens (primary N) is 1. The van der Waals surface area contributed by atoms with Gasteiger partial charge in [-0.3, -0.25) is 4.79 Å². The van der Waals surface area contributed by atoms with E-state index in [1.165, 1.54) is 12.4 Å². The summed E-state index contributed by atoms with van der Waals surface area (Å²) in [4.78, 5) is 31.7. The van der Waals surface area contributed by atoms with E-state index in [-0.39, 0.29) is 18.2 Å². The molecule has 0 aromatic carbocycles. The molecule has 19 heavy (non-hydrogen) atoms. The van der Waals surface area contributed by atoms with Crippen LogP contribution in [0.15, 0.2) is 12.4 Å². The van der Waals surface area contributed by atoms with Crippen LogP contribution in [0.4, 0.5) is 5.95 Å². The van der Waals surface area contributed by atoms with Crippen molar-refractivity contribution in [2.45, 2.75) is 31.7 Å². The normalized spacial score (nSPS) is 15.4. The summed E-state index contributed by atoms with van der Waals surface area (Å²) in [6.45, 7) is 0.0527. The van der Waals surface area contributed by atoms with Gasteiger partial charge in [-0.1, -0.05) is 12.8 Å². The first-order chi connectivity index (χ1) is 9.08. The number of carboxylic acids is 1. The zero-order valence-electron chi connectivity index (χ0n) is 10.5. The molecule has 0 bridgehead atoms. The van der Waals surface area contributed by atoms with Crippen molar-refractivity contribution in [2.24, 2.45) is 5.73 Å². The molecule has 1 saturated carbocycles. The number of rotatable bonds is 5. The number of hydrogen-bond acceptors (Lipinski definition) is 5. The summed E-state index contributed by atoms with van der Waals surface area (Å²) in [6, 6.07) is 0.197. The van der Waals surface area contributed by atoms with Crippen molar-refractivity contribution in [1.82, 2.24) is 9.97 Å². The zero-order valence-corrected chi connectivity index (χ0v) is 10.5. The van der Waals surface area contributed by atoms with Crippen molar-refractivity contribution in [1.29, 1.82) is 0 Å². The number of aromatic carboxylic acids is 1. The molecular weight excluding hydrogens is 248 g/mol. The maximum atomic E-state index is 11.1. The minimum Gasteiger partial charge on any atom is -0.478 e. The van der Waals surface area contributed by atoms with Crippen LogP contribution < -0.4 is 10.6 Å². The molecule has 3 N–H and O–H groups in total. The first-order valence-corrected chi connectivity index (χ1v) is 6.18. The lowest BCUT2D eigenvalue weighted by Crippen LogP contribution is -2.41. The van der Waals surface area contributed by atoms with Gasteiger partial charge in [0.05, 0.1) is 12.1 Å². The van der Waals surface area contributed by atoms with E-state index in [0.29, 0.717) is 5.95 Å². The molecule has 0 aliphatic heterocycles. The highest BCUT2D eigenvalue weighted by Gasteiger charge is 2.25. The Hall–Kier alpha value is -2.18. The van der Waals surface area contributed by atoms with Crippen molar-refractivity contribution in [3.05, 3.63) is 18.0 Å². The van der Waals surface area contributed by atoms with E-state index >= 15 is 0 Å². The monoisotopic (exact) mass is 264 g/mol. The van der Waals surface area contributed by atoms with Crippen LogP contribution in [-0.4, -0.2) is 39.5 Å². The van der Waals surface area contributed by atoms with Crippen LogP contribution in [0, 0.1) is 0 Å². The van der Waals surface area contributed by atoms with E-state index in [2.05, 4.69) is 9.97 Å². The number of carbonyl (C=O) groups excluding carboxylic acids is 1. The molecule has 0 atom stereocenters. The Morgan fingerprint density at radius 1 is 1.32 bits per heavy atom. The topological polar surface area (TPSA) is 109 Å². The molecule has 0 radical (unpaired) electrons. The second-order valence-corrected chi connectivity index (χ2v) is 4.61. The number of nitrogens with zero attached hydrogens (tertiary/aromatic N) is 3. The molecule has 1 aliphatic carbocycles. The second-order valence-electron chi connectivity index (χ2n) is 4.61. The molecule has 0 spiro atoms. The molecule has 1 aromatic rings. The van der Waals surface area contributed by atoms with E-state index in [1.54, 1.807) is 4.90 Å². The summed E-state index contributed by atoms with van der Waals surface area (Å²) in [6.07, 6.45) is 6.64. The molecule has 0 saturated heterocycles. The van der Waals surface area contributed by atoms with Gasteiger partial charge < -0.3 is 15.7 Å². The summed E-state index contributed by atoms with van der Waals surface area (Å²) in [5, 5.41) is 8.80. The molecule has 1 amide bonds. The molecule has 102 valence electrons. The summed E-state index contributed by atoms with van der Waals surface area (Å²) < 4.78 is 0. The van der Waals surface area contributed by atoms with Crippen molar-refractivity contribution < 1.29 is 14.7 Å². The maximum absolute atomic E-state index is 11.1. The maximum Gasteiger partial charge on any atom is 0.338 e. The molecule has 0 unspecified atom stereocenters. The lowest BCUT2D eigenvalue weighted by molar-refractivity contribution is -0.116. The summed E-state index contributed by atoms with van der Waals surface area (Å²) in [5.41, 5.74) is 5.27. The first kappa shape index (κ1) is 13.3. The number of amides is 1. The van der Waals surface area contributed by atoms with Crippen molar-refractivity contribution in [3.63, 3.8) is 0 Å². The van der Waals surface area contributed by atoms with Gasteiger partial charge in [-0.15, -0.1) is 0 Å². The van der Waals surface area contributed by atoms with Gasteiger partial charge in [-0.2, -0.15) is 0 Å². The predicted octanol–water partition coefficient (Wildman–Crippen LogP) is 0.409. The van der Waals surface area contributed by atoms with E-state index < -0.39 is 11.9 Å². The van der Waals surface area contributed by atoms with E-state index in [9.17, 15) is 9.59 Å². The van der Waals surface area contributed by atoms with Gasteiger partial charge in [-0.05, 0) is 12.8 Å². The minimum atomic E-state index is -1.08. The number of aromatic nitrogens is 2. The highest BCUT2D eigenvalue weighted by molar-refractivity contribution is 5.86. The lowest BCUT2D eigenvalue weighted by Gasteiger charge is -2.27. The van der Waals surface area contributed by atoms with Crippen LogP contribution in [0.2, 0.25) is 0 Å². The number of primary amides is 1. The molecule has 7 nitrogen and oxygen atoms in total. The van der Waals surface area contributed by atoms with E-state index in [4.69, 9.17) is 10.8 Å². The molecule has 1 aliphatic rings. The molecule has 2 rings (SSSR count). The molecule has 1 heterocycles. The Labute approximate surface area is 110 Å². The van der Waals surface area contributed by atoms with Crippen LogP contribution in [0.1, 0.15) is 36.0 Å². The lowest BCUT2D eigenvalue weighted by atomic mass is 10.2. The smallest absolute Gasteiger partial charge is 0.338 e. The van der Waals surface area contributed by atoms with Gasteiger partial charge in [0.15, 0.2) is 0 Å². The van der Waals surface area contributed by atoms with Crippen LogP contribution in [-0.2, 0) is 4.79 Å². The Morgan fingerprint density at radius 2 is 1.89 bits per heavy atom. The Balaban J connectivity index is 2.21. The molecule has 1 aromatic heterocycles. The third-order valence-electron chi connectivity index (χ3n) is 3.23. The van der Waals surface area contributed by atoms with Crippen LogP contribution in [0.3, 0.4) is 0 Å². The predicted molar refractivity (Wildman–Crippen MR) is 67.8 cm³/mol. The largest absolute Gasteiger partial charge is 0.478 e. The average molecular weight is 264 g/mol. The number of carboxylic acid groups (broad SMARTS) is 1. The first-order valence-electron chi connectivity index (χ1n) is 6.18. The standard InChI is InChI=1S/C12H16N4O3/c13-10(17)7-16(9-3-1-2-4-9)12-14-5-8(6-15-12)11(18)19/h5-6,9H,1-4,7H2,(H2,13,17)(H,18,19). The fourth-order valence-corrected chi connectivity index (χ4v) is 2.33. The fraction of sp³-hybridized carbons (Fsp3) is 0.500. The zero-order chi connectivity index (χ0) is 13.8. The number of anilines is 1. The van der Waals surface area contributed by atoms with Gasteiger partial charge in [0, 0.05) is 18.4 Å². The third-order valence-corrected chi connectivity index (χ3v) is 3.23. The SMILES string of the molecule is NC(=O)CN(c1ncc(C(=O)O)cn1)C1CCCC1. The fourth-order valence-electron chi connectivity index (χ4n) is 2.33. The third kappa shape index (κ3) is 3.18. The number of hydrogen-bond donors (Lipinski definition) is 2. The van der Waals surface area contributed by atoms with Crippen molar-refractivity contribution in [3.8, 4) is 0 Å². The molecule has 1 fully saturated rings. The Morgan fingerprint density at radius 3 is 2.37 bits per heavy atom. The molecular formula is C12H16N4O3. The summed E-state index contributed by atoms with van der Waals surface area (Å²) in [7, 11) is 0. The second kappa shape index (κ2) is 5.64. The highest BCUT2D eigenvalue weighted by atomic mass is 16.4.